The van der Waals surface area contributed by atoms with Crippen molar-refractivity contribution in [2.45, 2.75) is 20.4 Å². The van der Waals surface area contributed by atoms with Crippen molar-refractivity contribution in [3.8, 4) is 0 Å². The number of anilines is 1. The van der Waals surface area contributed by atoms with Crippen molar-refractivity contribution >= 4 is 11.6 Å². The van der Waals surface area contributed by atoms with E-state index in [0.717, 1.165) is 17.8 Å². The van der Waals surface area contributed by atoms with E-state index in [9.17, 15) is 4.79 Å². The number of amides is 1. The fourth-order valence-electron chi connectivity index (χ4n) is 1.86. The van der Waals surface area contributed by atoms with Gasteiger partial charge in [-0.25, -0.2) is 0 Å². The summed E-state index contributed by atoms with van der Waals surface area (Å²) >= 11 is 0. The Morgan fingerprint density at radius 3 is 2.67 bits per heavy atom. The van der Waals surface area contributed by atoms with Gasteiger partial charge in [-0.2, -0.15) is 0 Å². The minimum absolute atomic E-state index is 0.160. The molecule has 0 aliphatic rings. The van der Waals surface area contributed by atoms with Crippen LogP contribution in [0.15, 0.2) is 48.7 Å². The predicted octanol–water partition coefficient (Wildman–Crippen LogP) is 3.08. The normalized spacial score (nSPS) is 10.4. The zero-order chi connectivity index (χ0) is 15.1. The van der Waals surface area contributed by atoms with Gasteiger partial charge in [0.1, 0.15) is 5.69 Å². The van der Waals surface area contributed by atoms with E-state index in [1.54, 1.807) is 12.3 Å². The molecule has 0 bridgehead atoms. The first-order chi connectivity index (χ1) is 10.1. The van der Waals surface area contributed by atoms with E-state index in [-0.39, 0.29) is 5.91 Å². The lowest BCUT2D eigenvalue weighted by Gasteiger charge is -2.10. The van der Waals surface area contributed by atoms with Crippen LogP contribution in [-0.4, -0.2) is 17.4 Å². The Balaban J connectivity index is 1.94. The number of carbonyl (C=O) groups is 1. The van der Waals surface area contributed by atoms with Gasteiger partial charge in [-0.1, -0.05) is 44.2 Å². The van der Waals surface area contributed by atoms with Gasteiger partial charge in [-0.05, 0) is 23.6 Å². The number of pyridine rings is 1. The molecule has 0 saturated carbocycles. The first-order valence-electron chi connectivity index (χ1n) is 7.17. The van der Waals surface area contributed by atoms with Crippen LogP contribution in [0.1, 0.15) is 29.9 Å². The third kappa shape index (κ3) is 4.91. The van der Waals surface area contributed by atoms with E-state index in [1.807, 2.05) is 36.4 Å². The summed E-state index contributed by atoms with van der Waals surface area (Å²) in [6.07, 6.45) is 1.65. The number of hydrogen-bond acceptors (Lipinski definition) is 3. The van der Waals surface area contributed by atoms with Gasteiger partial charge in [0.25, 0.3) is 5.91 Å². The molecule has 110 valence electrons. The standard InChI is InChI=1S/C17H21N3O/c1-13(2)11-19-15-8-9-18-16(10-15)17(21)20-12-14-6-4-3-5-7-14/h3-10,13H,11-12H2,1-2H3,(H,18,19)(H,20,21). The Morgan fingerprint density at radius 1 is 1.19 bits per heavy atom. The summed E-state index contributed by atoms with van der Waals surface area (Å²) in [6.45, 7) is 5.66. The van der Waals surface area contributed by atoms with E-state index in [0.29, 0.717) is 18.2 Å². The maximum absolute atomic E-state index is 12.1. The Bertz CT molecular complexity index is 582. The minimum atomic E-state index is -0.160. The van der Waals surface area contributed by atoms with Gasteiger partial charge in [-0.3, -0.25) is 9.78 Å². The number of benzene rings is 1. The highest BCUT2D eigenvalue weighted by Crippen LogP contribution is 2.09. The number of carbonyl (C=O) groups excluding carboxylic acids is 1. The molecule has 4 nitrogen and oxygen atoms in total. The van der Waals surface area contributed by atoms with Crippen molar-refractivity contribution in [1.29, 1.82) is 0 Å². The quantitative estimate of drug-likeness (QED) is 0.856. The molecule has 0 aliphatic heterocycles. The Hall–Kier alpha value is -2.36. The molecule has 2 aromatic rings. The zero-order valence-corrected chi connectivity index (χ0v) is 12.5. The Labute approximate surface area is 125 Å². The molecule has 0 spiro atoms. The third-order valence-corrected chi connectivity index (χ3v) is 3.00. The van der Waals surface area contributed by atoms with Crippen molar-refractivity contribution in [3.05, 3.63) is 59.9 Å². The molecule has 1 aromatic carbocycles. The molecule has 4 heteroatoms. The summed E-state index contributed by atoms with van der Waals surface area (Å²) in [5.74, 6) is 0.389. The molecule has 2 rings (SSSR count). The molecule has 0 aliphatic carbocycles. The predicted molar refractivity (Wildman–Crippen MR) is 85.2 cm³/mol. The first kappa shape index (κ1) is 15.0. The molecule has 0 saturated heterocycles. The summed E-state index contributed by atoms with van der Waals surface area (Å²) in [6, 6.07) is 13.5. The van der Waals surface area contributed by atoms with Crippen molar-refractivity contribution in [2.75, 3.05) is 11.9 Å². The lowest BCUT2D eigenvalue weighted by atomic mass is 10.2. The average Bonchev–Trinajstić information content (AvgIpc) is 2.52. The summed E-state index contributed by atoms with van der Waals surface area (Å²) in [5, 5.41) is 6.17. The van der Waals surface area contributed by atoms with Gasteiger partial charge in [0.05, 0.1) is 0 Å². The second-order valence-electron chi connectivity index (χ2n) is 5.37. The highest BCUT2D eigenvalue weighted by Gasteiger charge is 2.07. The molecule has 2 N–H and O–H groups in total. The van der Waals surface area contributed by atoms with Crippen LogP contribution in [0.3, 0.4) is 0 Å². The van der Waals surface area contributed by atoms with Crippen LogP contribution in [0.5, 0.6) is 0 Å². The molecule has 1 amide bonds. The van der Waals surface area contributed by atoms with Crippen molar-refractivity contribution in [3.63, 3.8) is 0 Å². The SMILES string of the molecule is CC(C)CNc1ccnc(C(=O)NCc2ccccc2)c1. The highest BCUT2D eigenvalue weighted by molar-refractivity contribution is 5.93. The van der Waals surface area contributed by atoms with E-state index in [4.69, 9.17) is 0 Å². The van der Waals surface area contributed by atoms with Crippen LogP contribution >= 0.6 is 0 Å². The van der Waals surface area contributed by atoms with E-state index >= 15 is 0 Å². The second-order valence-corrected chi connectivity index (χ2v) is 5.37. The van der Waals surface area contributed by atoms with E-state index in [2.05, 4.69) is 29.5 Å². The first-order valence-corrected chi connectivity index (χ1v) is 7.17. The summed E-state index contributed by atoms with van der Waals surface area (Å²) < 4.78 is 0. The van der Waals surface area contributed by atoms with Crippen molar-refractivity contribution in [1.82, 2.24) is 10.3 Å². The fourth-order valence-corrected chi connectivity index (χ4v) is 1.86. The topological polar surface area (TPSA) is 54.0 Å². The van der Waals surface area contributed by atoms with E-state index in [1.165, 1.54) is 0 Å². The molecule has 0 unspecified atom stereocenters. The Morgan fingerprint density at radius 2 is 1.95 bits per heavy atom. The lowest BCUT2D eigenvalue weighted by Crippen LogP contribution is -2.24. The van der Waals surface area contributed by atoms with Gasteiger partial charge in [0.2, 0.25) is 0 Å². The smallest absolute Gasteiger partial charge is 0.270 e. The average molecular weight is 283 g/mol. The third-order valence-electron chi connectivity index (χ3n) is 3.00. The Kier molecular flexibility index (Phi) is 5.32. The van der Waals surface area contributed by atoms with Gasteiger partial charge < -0.3 is 10.6 Å². The lowest BCUT2D eigenvalue weighted by molar-refractivity contribution is 0.0946. The molecule has 0 fully saturated rings. The van der Waals surface area contributed by atoms with Crippen molar-refractivity contribution in [2.24, 2.45) is 5.92 Å². The van der Waals surface area contributed by atoms with Crippen LogP contribution in [0.4, 0.5) is 5.69 Å². The zero-order valence-electron chi connectivity index (χ0n) is 12.5. The number of nitrogens with one attached hydrogen (secondary N) is 2. The molecule has 0 radical (unpaired) electrons. The highest BCUT2D eigenvalue weighted by atomic mass is 16.1. The van der Waals surface area contributed by atoms with Gasteiger partial charge >= 0.3 is 0 Å². The van der Waals surface area contributed by atoms with Crippen LogP contribution in [0.2, 0.25) is 0 Å². The van der Waals surface area contributed by atoms with Crippen LogP contribution < -0.4 is 10.6 Å². The minimum Gasteiger partial charge on any atom is -0.385 e. The van der Waals surface area contributed by atoms with Gasteiger partial charge in [-0.15, -0.1) is 0 Å². The number of aromatic nitrogens is 1. The number of hydrogen-bond donors (Lipinski definition) is 2. The van der Waals surface area contributed by atoms with Crippen LogP contribution in [0.25, 0.3) is 0 Å². The van der Waals surface area contributed by atoms with Gasteiger partial charge in [0.15, 0.2) is 0 Å². The molecule has 0 atom stereocenters. The maximum atomic E-state index is 12.1. The maximum Gasteiger partial charge on any atom is 0.270 e. The molecule has 1 aromatic heterocycles. The number of rotatable bonds is 6. The molecular formula is C17H21N3O. The second kappa shape index (κ2) is 7.43. The van der Waals surface area contributed by atoms with Crippen LogP contribution in [0, 0.1) is 5.92 Å². The fraction of sp³-hybridized carbons (Fsp3) is 0.294. The van der Waals surface area contributed by atoms with Crippen molar-refractivity contribution < 1.29 is 4.79 Å². The molecule has 1 heterocycles. The molecule has 21 heavy (non-hydrogen) atoms. The van der Waals surface area contributed by atoms with Crippen LogP contribution in [-0.2, 0) is 6.54 Å². The largest absolute Gasteiger partial charge is 0.385 e. The monoisotopic (exact) mass is 283 g/mol. The van der Waals surface area contributed by atoms with Gasteiger partial charge in [0, 0.05) is 25.0 Å². The number of nitrogens with zero attached hydrogens (tertiary/aromatic N) is 1. The van der Waals surface area contributed by atoms with E-state index < -0.39 is 0 Å². The summed E-state index contributed by atoms with van der Waals surface area (Å²) in [5.41, 5.74) is 2.42. The summed E-state index contributed by atoms with van der Waals surface area (Å²) in [4.78, 5) is 16.2. The molecular weight excluding hydrogens is 262 g/mol. The summed E-state index contributed by atoms with van der Waals surface area (Å²) in [7, 11) is 0.